The van der Waals surface area contributed by atoms with E-state index in [1.165, 1.54) is 76.7 Å². The van der Waals surface area contributed by atoms with E-state index in [4.69, 9.17) is 0 Å². The van der Waals surface area contributed by atoms with Crippen LogP contribution in [0.25, 0.3) is 0 Å². The van der Waals surface area contributed by atoms with Crippen molar-refractivity contribution in [2.45, 2.75) is 117 Å². The summed E-state index contributed by atoms with van der Waals surface area (Å²) in [6, 6.07) is 1.31. The van der Waals surface area contributed by atoms with Crippen molar-refractivity contribution in [2.75, 3.05) is 0 Å². The molecule has 0 heterocycles. The zero-order chi connectivity index (χ0) is 20.9. The molecule has 0 amide bonds. The molecule has 0 atom stereocenters. The van der Waals surface area contributed by atoms with Gasteiger partial charge in [-0.05, 0) is 75.0 Å². The number of aromatic hydroxyl groups is 3. The largest absolute Gasteiger partial charge is 0.508 e. The number of unbranched alkanes of at least 4 members (excludes halogenated alkanes) is 5. The molecule has 1 aromatic rings. The zero-order valence-electron chi connectivity index (χ0n) is 18.7. The van der Waals surface area contributed by atoms with E-state index in [1.807, 2.05) is 0 Å². The molecule has 2 aliphatic carbocycles. The van der Waals surface area contributed by atoms with Crippen molar-refractivity contribution in [1.29, 1.82) is 0 Å². The highest BCUT2D eigenvalue weighted by Crippen LogP contribution is 2.52. The lowest BCUT2D eigenvalue weighted by Gasteiger charge is -2.15. The second-order valence-electron chi connectivity index (χ2n) is 10.4. The summed E-state index contributed by atoms with van der Waals surface area (Å²) < 4.78 is 0. The molecule has 3 nitrogen and oxygen atoms in total. The molecule has 1 aromatic carbocycles. The van der Waals surface area contributed by atoms with E-state index in [0.29, 0.717) is 10.8 Å². The van der Waals surface area contributed by atoms with Crippen molar-refractivity contribution in [3.63, 3.8) is 0 Å². The quantitative estimate of drug-likeness (QED) is 0.173. The normalized spacial score (nSPS) is 18.7. The molecule has 2 aliphatic rings. The fourth-order valence-electron chi connectivity index (χ4n) is 4.89. The Balaban J connectivity index is 1.44. The predicted octanol–water partition coefficient (Wildman–Crippen LogP) is 7.39. The third kappa shape index (κ3) is 6.30. The van der Waals surface area contributed by atoms with E-state index < -0.39 is 0 Å². The van der Waals surface area contributed by atoms with Gasteiger partial charge in [0.2, 0.25) is 0 Å². The van der Waals surface area contributed by atoms with Gasteiger partial charge in [-0.15, -0.1) is 0 Å². The maximum atomic E-state index is 10.4. The number of hydrogen-bond donors (Lipinski definition) is 3. The third-order valence-corrected chi connectivity index (χ3v) is 7.88. The first-order valence-electron chi connectivity index (χ1n) is 12.1. The topological polar surface area (TPSA) is 60.7 Å². The van der Waals surface area contributed by atoms with Crippen LogP contribution in [-0.4, -0.2) is 15.3 Å². The van der Waals surface area contributed by atoms with Crippen LogP contribution in [-0.2, 0) is 12.8 Å². The van der Waals surface area contributed by atoms with Gasteiger partial charge in [-0.3, -0.25) is 0 Å². The van der Waals surface area contributed by atoms with Crippen LogP contribution in [0, 0.1) is 10.8 Å². The lowest BCUT2D eigenvalue weighted by atomic mass is 9.92. The zero-order valence-corrected chi connectivity index (χ0v) is 18.7. The summed E-state index contributed by atoms with van der Waals surface area (Å²) >= 11 is 0. The Morgan fingerprint density at radius 2 is 1.31 bits per heavy atom. The van der Waals surface area contributed by atoms with Crippen LogP contribution < -0.4 is 0 Å². The van der Waals surface area contributed by atoms with Gasteiger partial charge in [0, 0.05) is 17.2 Å². The maximum absolute atomic E-state index is 10.4. The molecule has 0 bridgehead atoms. The molecule has 29 heavy (non-hydrogen) atoms. The first-order chi connectivity index (χ1) is 13.9. The fraction of sp³-hybridized carbons (Fsp3) is 0.769. The highest BCUT2D eigenvalue weighted by Gasteiger charge is 2.39. The first kappa shape index (κ1) is 22.3. The first-order valence-corrected chi connectivity index (χ1v) is 12.1. The summed E-state index contributed by atoms with van der Waals surface area (Å²) in [6.45, 7) is 4.69. The SMILES string of the molecule is CCC1(CCCCCCc2c(O)cc(O)c(O)c2CCCCCC2(C)CC2)CC1. The number of phenolic OH excluding ortho intramolecular Hbond substituents is 3. The van der Waals surface area contributed by atoms with Crippen LogP contribution in [0.3, 0.4) is 0 Å². The molecule has 0 saturated heterocycles. The summed E-state index contributed by atoms with van der Waals surface area (Å²) in [7, 11) is 0. The highest BCUT2D eigenvalue weighted by atomic mass is 16.3. The Morgan fingerprint density at radius 3 is 1.93 bits per heavy atom. The molecule has 0 unspecified atom stereocenters. The molecule has 3 heteroatoms. The van der Waals surface area contributed by atoms with E-state index in [2.05, 4.69) is 13.8 Å². The Kier molecular flexibility index (Phi) is 7.40. The molecule has 3 N–H and O–H groups in total. The van der Waals surface area contributed by atoms with Crippen LogP contribution in [0.15, 0.2) is 6.07 Å². The summed E-state index contributed by atoms with van der Waals surface area (Å²) in [5.41, 5.74) is 2.91. The van der Waals surface area contributed by atoms with E-state index in [1.54, 1.807) is 0 Å². The maximum Gasteiger partial charge on any atom is 0.161 e. The Hall–Kier alpha value is -1.38. The Labute approximate surface area is 177 Å². The van der Waals surface area contributed by atoms with Crippen molar-refractivity contribution in [2.24, 2.45) is 10.8 Å². The number of benzene rings is 1. The summed E-state index contributed by atoms with van der Waals surface area (Å²) in [6.07, 6.45) is 19.2. The van der Waals surface area contributed by atoms with Gasteiger partial charge < -0.3 is 15.3 Å². The summed E-state index contributed by atoms with van der Waals surface area (Å²) in [5, 5.41) is 30.8. The summed E-state index contributed by atoms with van der Waals surface area (Å²) in [4.78, 5) is 0. The van der Waals surface area contributed by atoms with Gasteiger partial charge >= 0.3 is 0 Å². The second-order valence-corrected chi connectivity index (χ2v) is 10.4. The van der Waals surface area contributed by atoms with Crippen LogP contribution in [0.2, 0.25) is 0 Å². The third-order valence-electron chi connectivity index (χ3n) is 7.88. The lowest BCUT2D eigenvalue weighted by molar-refractivity contribution is 0.387. The monoisotopic (exact) mass is 402 g/mol. The van der Waals surface area contributed by atoms with Crippen LogP contribution in [0.1, 0.15) is 115 Å². The number of hydrogen-bond acceptors (Lipinski definition) is 3. The summed E-state index contributed by atoms with van der Waals surface area (Å²) in [5.74, 6) is -0.0738. The van der Waals surface area contributed by atoms with E-state index in [0.717, 1.165) is 43.2 Å². The van der Waals surface area contributed by atoms with Gasteiger partial charge in [-0.1, -0.05) is 52.4 Å². The van der Waals surface area contributed by atoms with Crippen molar-refractivity contribution in [3.05, 3.63) is 17.2 Å². The molecule has 164 valence electrons. The number of phenols is 3. The lowest BCUT2D eigenvalue weighted by Crippen LogP contribution is -1.99. The fourth-order valence-corrected chi connectivity index (χ4v) is 4.89. The number of rotatable bonds is 14. The van der Waals surface area contributed by atoms with Gasteiger partial charge in [0.15, 0.2) is 11.5 Å². The van der Waals surface area contributed by atoms with Crippen molar-refractivity contribution >= 4 is 0 Å². The average molecular weight is 403 g/mol. The standard InChI is InChI=1S/C26H42O3/c1-3-26(17-18-26)14-10-5-4-7-11-20-21(24(29)23(28)19-22(20)27)12-8-6-9-13-25(2)15-16-25/h19,27-29H,3-18H2,1-2H3. The molecule has 0 radical (unpaired) electrons. The minimum Gasteiger partial charge on any atom is -0.508 e. The molecule has 0 aliphatic heterocycles. The molecule has 0 aromatic heterocycles. The van der Waals surface area contributed by atoms with Crippen molar-refractivity contribution < 1.29 is 15.3 Å². The van der Waals surface area contributed by atoms with Gasteiger partial charge in [-0.25, -0.2) is 0 Å². The van der Waals surface area contributed by atoms with E-state index >= 15 is 0 Å². The average Bonchev–Trinajstić information content (AvgIpc) is 3.62. The molecule has 0 spiro atoms. The minimum atomic E-state index is -0.193. The van der Waals surface area contributed by atoms with Crippen molar-refractivity contribution in [1.82, 2.24) is 0 Å². The Bertz CT molecular complexity index is 671. The molecule has 2 fully saturated rings. The second kappa shape index (κ2) is 9.62. The Morgan fingerprint density at radius 1 is 0.724 bits per heavy atom. The molecule has 3 rings (SSSR count). The van der Waals surface area contributed by atoms with Gasteiger partial charge in [0.05, 0.1) is 0 Å². The van der Waals surface area contributed by atoms with Gasteiger partial charge in [0.25, 0.3) is 0 Å². The smallest absolute Gasteiger partial charge is 0.161 e. The van der Waals surface area contributed by atoms with Crippen LogP contribution >= 0.6 is 0 Å². The van der Waals surface area contributed by atoms with Crippen LogP contribution in [0.5, 0.6) is 17.2 Å². The minimum absolute atomic E-state index is 0.0226. The highest BCUT2D eigenvalue weighted by molar-refractivity contribution is 5.55. The van der Waals surface area contributed by atoms with Gasteiger partial charge in [-0.2, -0.15) is 0 Å². The van der Waals surface area contributed by atoms with E-state index in [9.17, 15) is 15.3 Å². The van der Waals surface area contributed by atoms with Gasteiger partial charge in [0.1, 0.15) is 5.75 Å². The van der Waals surface area contributed by atoms with Crippen molar-refractivity contribution in [3.8, 4) is 17.2 Å². The predicted molar refractivity (Wildman–Crippen MR) is 120 cm³/mol. The molecular weight excluding hydrogens is 360 g/mol. The van der Waals surface area contributed by atoms with E-state index in [-0.39, 0.29) is 17.2 Å². The van der Waals surface area contributed by atoms with Crippen LogP contribution in [0.4, 0.5) is 0 Å². The molecule has 2 saturated carbocycles. The molecular formula is C26H42O3.